The maximum Gasteiger partial charge on any atom is 0.236 e. The number of halogens is 1. The SMILES string of the molecule is CCN(Cc1ccccc1)C(=O)C(C)Sc1nnc(COc2ccccc2Cl)n1C1CC1. The molecule has 1 aliphatic carbocycles. The maximum atomic E-state index is 13.1. The third-order valence-corrected chi connectivity index (χ3v) is 6.74. The van der Waals surface area contributed by atoms with E-state index in [9.17, 15) is 4.79 Å². The molecule has 32 heavy (non-hydrogen) atoms. The van der Waals surface area contributed by atoms with E-state index in [0.29, 0.717) is 29.9 Å². The Labute approximate surface area is 197 Å². The monoisotopic (exact) mass is 470 g/mol. The summed E-state index contributed by atoms with van der Waals surface area (Å²) in [5.41, 5.74) is 1.13. The first kappa shape index (κ1) is 22.7. The van der Waals surface area contributed by atoms with Gasteiger partial charge in [-0.15, -0.1) is 10.2 Å². The smallest absolute Gasteiger partial charge is 0.236 e. The predicted molar refractivity (Wildman–Crippen MR) is 127 cm³/mol. The lowest BCUT2D eigenvalue weighted by Gasteiger charge is -2.24. The van der Waals surface area contributed by atoms with Crippen LogP contribution in [-0.4, -0.2) is 37.4 Å². The van der Waals surface area contributed by atoms with Crippen LogP contribution in [-0.2, 0) is 17.9 Å². The Balaban J connectivity index is 1.44. The van der Waals surface area contributed by atoms with Gasteiger partial charge in [-0.2, -0.15) is 0 Å². The van der Waals surface area contributed by atoms with Crippen LogP contribution in [0, 0.1) is 0 Å². The fraction of sp³-hybridized carbons (Fsp3) is 0.375. The summed E-state index contributed by atoms with van der Waals surface area (Å²) in [5.74, 6) is 1.48. The fourth-order valence-electron chi connectivity index (χ4n) is 3.50. The van der Waals surface area contributed by atoms with E-state index in [1.165, 1.54) is 11.8 Å². The first-order valence-electron chi connectivity index (χ1n) is 10.9. The Morgan fingerprint density at radius 1 is 1.19 bits per heavy atom. The van der Waals surface area contributed by atoms with Gasteiger partial charge in [0.1, 0.15) is 12.4 Å². The number of carbonyl (C=O) groups excluding carboxylic acids is 1. The van der Waals surface area contributed by atoms with Crippen molar-refractivity contribution in [1.82, 2.24) is 19.7 Å². The van der Waals surface area contributed by atoms with Gasteiger partial charge >= 0.3 is 0 Å². The van der Waals surface area contributed by atoms with Gasteiger partial charge in [-0.05, 0) is 44.4 Å². The lowest BCUT2D eigenvalue weighted by molar-refractivity contribution is -0.130. The van der Waals surface area contributed by atoms with Crippen molar-refractivity contribution in [3.8, 4) is 5.75 Å². The molecule has 1 unspecified atom stereocenters. The second kappa shape index (κ2) is 10.4. The van der Waals surface area contributed by atoms with Crippen molar-refractivity contribution in [2.45, 2.75) is 56.3 Å². The molecule has 8 heteroatoms. The normalized spacial score (nSPS) is 14.2. The average molecular weight is 471 g/mol. The molecule has 168 valence electrons. The number of thioether (sulfide) groups is 1. The zero-order chi connectivity index (χ0) is 22.5. The molecular weight excluding hydrogens is 444 g/mol. The number of carbonyl (C=O) groups is 1. The number of amides is 1. The second-order valence-corrected chi connectivity index (χ2v) is 9.53. The maximum absolute atomic E-state index is 13.1. The Morgan fingerprint density at radius 2 is 1.91 bits per heavy atom. The van der Waals surface area contributed by atoms with Crippen LogP contribution >= 0.6 is 23.4 Å². The van der Waals surface area contributed by atoms with E-state index in [-0.39, 0.29) is 17.8 Å². The summed E-state index contributed by atoms with van der Waals surface area (Å²) in [5, 5.41) is 9.83. The first-order valence-corrected chi connectivity index (χ1v) is 12.1. The highest BCUT2D eigenvalue weighted by Gasteiger charge is 2.32. The molecule has 1 heterocycles. The standard InChI is InChI=1S/C24H27ClN4O2S/c1-3-28(15-18-9-5-4-6-10-18)23(30)17(2)32-24-27-26-22(29(24)19-13-14-19)16-31-21-12-8-7-11-20(21)25/h4-12,17,19H,3,13-16H2,1-2H3. The van der Waals surface area contributed by atoms with Crippen LogP contribution in [0.2, 0.25) is 5.02 Å². The molecule has 4 rings (SSSR count). The zero-order valence-electron chi connectivity index (χ0n) is 18.3. The molecule has 0 bridgehead atoms. The molecule has 0 spiro atoms. The minimum atomic E-state index is -0.266. The molecule has 1 amide bonds. The Kier molecular flexibility index (Phi) is 7.37. The summed E-state index contributed by atoms with van der Waals surface area (Å²) in [6.07, 6.45) is 2.17. The molecule has 6 nitrogen and oxygen atoms in total. The van der Waals surface area contributed by atoms with Crippen LogP contribution in [0.1, 0.15) is 44.1 Å². The summed E-state index contributed by atoms with van der Waals surface area (Å²) >= 11 is 7.66. The Bertz CT molecular complexity index is 1060. The van der Waals surface area contributed by atoms with Crippen LogP contribution in [0.3, 0.4) is 0 Å². The predicted octanol–water partition coefficient (Wildman–Crippen LogP) is 5.37. The molecular formula is C24H27ClN4O2S. The van der Waals surface area contributed by atoms with E-state index in [2.05, 4.69) is 14.8 Å². The van der Waals surface area contributed by atoms with Crippen molar-refractivity contribution in [3.63, 3.8) is 0 Å². The lowest BCUT2D eigenvalue weighted by atomic mass is 10.2. The molecule has 0 aliphatic heterocycles. The van der Waals surface area contributed by atoms with Gasteiger partial charge in [0.25, 0.3) is 0 Å². The Morgan fingerprint density at radius 3 is 2.59 bits per heavy atom. The number of ether oxygens (including phenoxy) is 1. The summed E-state index contributed by atoms with van der Waals surface area (Å²) in [4.78, 5) is 15.0. The molecule has 1 saturated carbocycles. The van der Waals surface area contributed by atoms with Crippen molar-refractivity contribution in [2.75, 3.05) is 6.54 Å². The van der Waals surface area contributed by atoms with Crippen LogP contribution < -0.4 is 4.74 Å². The lowest BCUT2D eigenvalue weighted by Crippen LogP contribution is -2.36. The van der Waals surface area contributed by atoms with Crippen molar-refractivity contribution < 1.29 is 9.53 Å². The minimum absolute atomic E-state index is 0.0977. The third kappa shape index (κ3) is 5.45. The van der Waals surface area contributed by atoms with Crippen LogP contribution in [0.15, 0.2) is 59.8 Å². The van der Waals surface area contributed by atoms with Gasteiger partial charge < -0.3 is 9.64 Å². The number of nitrogens with zero attached hydrogens (tertiary/aromatic N) is 4. The number of para-hydroxylation sites is 1. The summed E-state index contributed by atoms with van der Waals surface area (Å²) in [6, 6.07) is 17.8. The van der Waals surface area contributed by atoms with Gasteiger partial charge in [-0.3, -0.25) is 9.36 Å². The number of hydrogen-bond donors (Lipinski definition) is 0. The van der Waals surface area contributed by atoms with Crippen molar-refractivity contribution in [1.29, 1.82) is 0 Å². The largest absolute Gasteiger partial charge is 0.484 e. The van der Waals surface area contributed by atoms with Crippen LogP contribution in [0.4, 0.5) is 0 Å². The molecule has 3 aromatic rings. The number of benzene rings is 2. The van der Waals surface area contributed by atoms with E-state index >= 15 is 0 Å². The highest BCUT2D eigenvalue weighted by molar-refractivity contribution is 8.00. The summed E-state index contributed by atoms with van der Waals surface area (Å²) in [6.45, 7) is 5.49. The quantitative estimate of drug-likeness (QED) is 0.372. The number of rotatable bonds is 10. The number of hydrogen-bond acceptors (Lipinski definition) is 5. The van der Waals surface area contributed by atoms with Crippen LogP contribution in [0.5, 0.6) is 5.75 Å². The molecule has 0 N–H and O–H groups in total. The van der Waals surface area contributed by atoms with E-state index in [1.807, 2.05) is 67.3 Å². The molecule has 2 aromatic carbocycles. The van der Waals surface area contributed by atoms with Gasteiger partial charge in [0.2, 0.25) is 5.91 Å². The molecule has 1 aromatic heterocycles. The van der Waals surface area contributed by atoms with Crippen molar-refractivity contribution >= 4 is 29.3 Å². The van der Waals surface area contributed by atoms with Gasteiger partial charge in [0.15, 0.2) is 11.0 Å². The number of aromatic nitrogens is 3. The van der Waals surface area contributed by atoms with Crippen molar-refractivity contribution in [2.24, 2.45) is 0 Å². The van der Waals surface area contributed by atoms with E-state index in [4.69, 9.17) is 16.3 Å². The molecule has 0 saturated heterocycles. The van der Waals surface area contributed by atoms with Gasteiger partial charge in [-0.25, -0.2) is 0 Å². The second-order valence-electron chi connectivity index (χ2n) is 7.82. The summed E-state index contributed by atoms with van der Waals surface area (Å²) < 4.78 is 8.01. The molecule has 1 fully saturated rings. The highest BCUT2D eigenvalue weighted by atomic mass is 35.5. The van der Waals surface area contributed by atoms with E-state index in [0.717, 1.165) is 29.4 Å². The minimum Gasteiger partial charge on any atom is -0.484 e. The van der Waals surface area contributed by atoms with Gasteiger partial charge in [-0.1, -0.05) is 65.8 Å². The molecule has 1 aliphatic rings. The Hall–Kier alpha value is -2.51. The topological polar surface area (TPSA) is 60.3 Å². The van der Waals surface area contributed by atoms with Crippen LogP contribution in [0.25, 0.3) is 0 Å². The first-order chi connectivity index (χ1) is 15.6. The third-order valence-electron chi connectivity index (χ3n) is 5.38. The molecule has 1 atom stereocenters. The average Bonchev–Trinajstić information content (AvgIpc) is 3.58. The molecule has 0 radical (unpaired) electrons. The van der Waals surface area contributed by atoms with Gasteiger partial charge in [0, 0.05) is 19.1 Å². The highest BCUT2D eigenvalue weighted by Crippen LogP contribution is 2.40. The fourth-order valence-corrected chi connectivity index (χ4v) is 4.72. The van der Waals surface area contributed by atoms with E-state index < -0.39 is 0 Å². The van der Waals surface area contributed by atoms with Crippen molar-refractivity contribution in [3.05, 3.63) is 71.0 Å². The zero-order valence-corrected chi connectivity index (χ0v) is 19.9. The van der Waals surface area contributed by atoms with E-state index in [1.54, 1.807) is 6.07 Å². The van der Waals surface area contributed by atoms with Gasteiger partial charge in [0.05, 0.1) is 10.3 Å². The summed E-state index contributed by atoms with van der Waals surface area (Å²) in [7, 11) is 0.